The number of thiazole rings is 1. The third kappa shape index (κ3) is 10.1. The largest absolute Gasteiger partial charge is 0.444 e. The van der Waals surface area contributed by atoms with Gasteiger partial charge in [-0.25, -0.2) is 9.78 Å². The summed E-state index contributed by atoms with van der Waals surface area (Å²) in [5, 5.41) is 7.46. The summed E-state index contributed by atoms with van der Waals surface area (Å²) in [7, 11) is 1.72. The first-order valence-corrected chi connectivity index (χ1v) is 9.40. The second kappa shape index (κ2) is 12.3. The number of amides is 1. The standard InChI is InChI=1S/C17H31N5O2S.HI/c1-7-9-22(16(23)24-17(3,4)5)10-8-19-15(18-6)21-12-14-20-11-13(2)25-14;/h11H,7-10,12H2,1-6H3,(H2,18,19,21);1H. The van der Waals surface area contributed by atoms with Gasteiger partial charge < -0.3 is 20.3 Å². The van der Waals surface area contributed by atoms with Crippen LogP contribution in [0.5, 0.6) is 0 Å². The van der Waals surface area contributed by atoms with E-state index in [-0.39, 0.29) is 30.1 Å². The molecule has 26 heavy (non-hydrogen) atoms. The number of hydrogen-bond acceptors (Lipinski definition) is 5. The van der Waals surface area contributed by atoms with E-state index in [1.807, 2.05) is 40.8 Å². The Morgan fingerprint density at radius 2 is 2.04 bits per heavy atom. The van der Waals surface area contributed by atoms with Crippen LogP contribution in [0.25, 0.3) is 0 Å². The number of halogens is 1. The summed E-state index contributed by atoms with van der Waals surface area (Å²) in [6.45, 7) is 12.1. The van der Waals surface area contributed by atoms with Gasteiger partial charge in [-0.3, -0.25) is 4.99 Å². The lowest BCUT2D eigenvalue weighted by Gasteiger charge is -2.27. The number of hydrogen-bond donors (Lipinski definition) is 2. The molecule has 2 N–H and O–H groups in total. The van der Waals surface area contributed by atoms with E-state index >= 15 is 0 Å². The van der Waals surface area contributed by atoms with E-state index < -0.39 is 5.60 Å². The molecular formula is C17H32IN5O2S. The fourth-order valence-corrected chi connectivity index (χ4v) is 2.79. The molecule has 0 aliphatic rings. The number of guanidine groups is 1. The van der Waals surface area contributed by atoms with Crippen molar-refractivity contribution in [1.29, 1.82) is 0 Å². The van der Waals surface area contributed by atoms with Gasteiger partial charge in [-0.1, -0.05) is 6.92 Å². The van der Waals surface area contributed by atoms with Crippen molar-refractivity contribution in [3.8, 4) is 0 Å². The average molecular weight is 497 g/mol. The minimum Gasteiger partial charge on any atom is -0.444 e. The quantitative estimate of drug-likeness (QED) is 0.343. The molecule has 0 aliphatic heterocycles. The molecule has 1 aromatic heterocycles. The van der Waals surface area contributed by atoms with Crippen molar-refractivity contribution in [3.05, 3.63) is 16.1 Å². The van der Waals surface area contributed by atoms with E-state index in [0.29, 0.717) is 32.1 Å². The first kappa shape index (κ1) is 24.9. The molecule has 0 aliphatic carbocycles. The lowest BCUT2D eigenvalue weighted by molar-refractivity contribution is 0.0253. The van der Waals surface area contributed by atoms with Gasteiger partial charge >= 0.3 is 6.09 Å². The Kier molecular flexibility index (Phi) is 11.8. The number of carbonyl (C=O) groups is 1. The summed E-state index contributed by atoms with van der Waals surface area (Å²) in [5.41, 5.74) is -0.486. The molecule has 1 rings (SSSR count). The molecule has 7 nitrogen and oxygen atoms in total. The van der Waals surface area contributed by atoms with Crippen LogP contribution in [0.15, 0.2) is 11.2 Å². The van der Waals surface area contributed by atoms with Gasteiger partial charge in [0.2, 0.25) is 0 Å². The van der Waals surface area contributed by atoms with E-state index in [1.165, 1.54) is 4.88 Å². The van der Waals surface area contributed by atoms with E-state index in [4.69, 9.17) is 4.74 Å². The van der Waals surface area contributed by atoms with Crippen LogP contribution in [0.3, 0.4) is 0 Å². The Labute approximate surface area is 178 Å². The minimum absolute atomic E-state index is 0. The normalized spacial score (nSPS) is 11.5. The number of aromatic nitrogens is 1. The number of aryl methyl sites for hydroxylation is 1. The molecule has 0 unspecified atom stereocenters. The molecule has 0 saturated carbocycles. The maximum atomic E-state index is 12.2. The molecule has 0 spiro atoms. The first-order chi connectivity index (χ1) is 11.7. The van der Waals surface area contributed by atoms with Crippen LogP contribution in [0.4, 0.5) is 4.79 Å². The summed E-state index contributed by atoms with van der Waals surface area (Å²) in [4.78, 5) is 23.6. The smallest absolute Gasteiger partial charge is 0.410 e. The SMILES string of the molecule is CCCN(CCNC(=NC)NCc1ncc(C)s1)C(=O)OC(C)(C)C.I. The first-order valence-electron chi connectivity index (χ1n) is 8.59. The molecule has 0 atom stereocenters. The van der Waals surface area contributed by atoms with E-state index in [0.717, 1.165) is 11.4 Å². The molecule has 150 valence electrons. The van der Waals surface area contributed by atoms with Gasteiger partial charge in [0.1, 0.15) is 10.6 Å². The van der Waals surface area contributed by atoms with Crippen LogP contribution >= 0.6 is 35.3 Å². The van der Waals surface area contributed by atoms with Gasteiger partial charge in [0.25, 0.3) is 0 Å². The van der Waals surface area contributed by atoms with Gasteiger partial charge in [0, 0.05) is 37.8 Å². The Balaban J connectivity index is 0.00000625. The zero-order chi connectivity index (χ0) is 18.9. The predicted molar refractivity (Wildman–Crippen MR) is 119 cm³/mol. The predicted octanol–water partition coefficient (Wildman–Crippen LogP) is 3.38. The summed E-state index contributed by atoms with van der Waals surface area (Å²) in [6, 6.07) is 0. The summed E-state index contributed by atoms with van der Waals surface area (Å²) < 4.78 is 5.45. The molecule has 1 aromatic rings. The molecular weight excluding hydrogens is 465 g/mol. The fraction of sp³-hybridized carbons (Fsp3) is 0.706. The van der Waals surface area contributed by atoms with E-state index in [2.05, 4.69) is 20.6 Å². The number of carbonyl (C=O) groups excluding carboxylic acids is 1. The minimum atomic E-state index is -0.486. The topological polar surface area (TPSA) is 78.9 Å². The Hall–Kier alpha value is -1.10. The van der Waals surface area contributed by atoms with Crippen LogP contribution in [-0.2, 0) is 11.3 Å². The van der Waals surface area contributed by atoms with Crippen LogP contribution in [0, 0.1) is 6.92 Å². The van der Waals surface area contributed by atoms with Crippen molar-refractivity contribution in [1.82, 2.24) is 20.5 Å². The lowest BCUT2D eigenvalue weighted by atomic mass is 10.2. The van der Waals surface area contributed by atoms with Crippen molar-refractivity contribution in [2.75, 3.05) is 26.7 Å². The number of rotatable bonds is 7. The Morgan fingerprint density at radius 1 is 1.35 bits per heavy atom. The van der Waals surface area contributed by atoms with Crippen LogP contribution in [-0.4, -0.2) is 54.2 Å². The highest BCUT2D eigenvalue weighted by Crippen LogP contribution is 2.11. The highest BCUT2D eigenvalue weighted by Gasteiger charge is 2.21. The van der Waals surface area contributed by atoms with Crippen LogP contribution < -0.4 is 10.6 Å². The summed E-state index contributed by atoms with van der Waals surface area (Å²) in [6.07, 6.45) is 2.47. The van der Waals surface area contributed by atoms with E-state index in [9.17, 15) is 4.79 Å². The average Bonchev–Trinajstić information content (AvgIpc) is 2.93. The van der Waals surface area contributed by atoms with Gasteiger partial charge in [0.15, 0.2) is 5.96 Å². The second-order valence-corrected chi connectivity index (χ2v) is 8.00. The third-order valence-electron chi connectivity index (χ3n) is 3.12. The highest BCUT2D eigenvalue weighted by atomic mass is 127. The van der Waals surface area contributed by atoms with Crippen LogP contribution in [0.2, 0.25) is 0 Å². The lowest BCUT2D eigenvalue weighted by Crippen LogP contribution is -2.44. The monoisotopic (exact) mass is 497 g/mol. The zero-order valence-electron chi connectivity index (χ0n) is 16.6. The second-order valence-electron chi connectivity index (χ2n) is 6.68. The molecule has 0 aromatic carbocycles. The molecule has 9 heteroatoms. The maximum Gasteiger partial charge on any atom is 0.410 e. The summed E-state index contributed by atoms with van der Waals surface area (Å²) in [5.74, 6) is 0.688. The molecule has 0 saturated heterocycles. The maximum absolute atomic E-state index is 12.2. The Morgan fingerprint density at radius 3 is 2.54 bits per heavy atom. The number of nitrogens with one attached hydrogen (secondary N) is 2. The number of aliphatic imine (C=N–C) groups is 1. The molecule has 0 bridgehead atoms. The molecule has 0 fully saturated rings. The van der Waals surface area contributed by atoms with Gasteiger partial charge in [-0.15, -0.1) is 35.3 Å². The van der Waals surface area contributed by atoms with Gasteiger partial charge in [-0.05, 0) is 34.1 Å². The van der Waals surface area contributed by atoms with Crippen molar-refractivity contribution >= 4 is 47.4 Å². The van der Waals surface area contributed by atoms with Crippen LogP contribution in [0.1, 0.15) is 44.0 Å². The fourth-order valence-electron chi connectivity index (χ4n) is 2.06. The van der Waals surface area contributed by atoms with Crippen molar-refractivity contribution in [2.24, 2.45) is 4.99 Å². The van der Waals surface area contributed by atoms with Crippen molar-refractivity contribution < 1.29 is 9.53 Å². The zero-order valence-corrected chi connectivity index (χ0v) is 19.7. The molecule has 1 amide bonds. The number of ether oxygens (including phenoxy) is 1. The third-order valence-corrected chi connectivity index (χ3v) is 4.03. The van der Waals surface area contributed by atoms with Crippen molar-refractivity contribution in [3.63, 3.8) is 0 Å². The van der Waals surface area contributed by atoms with Gasteiger partial charge in [0.05, 0.1) is 6.54 Å². The highest BCUT2D eigenvalue weighted by molar-refractivity contribution is 14.0. The van der Waals surface area contributed by atoms with Gasteiger partial charge in [-0.2, -0.15) is 0 Å². The number of nitrogens with zero attached hydrogens (tertiary/aromatic N) is 3. The summed E-state index contributed by atoms with van der Waals surface area (Å²) >= 11 is 1.66. The molecule has 0 radical (unpaired) electrons. The van der Waals surface area contributed by atoms with Crippen molar-refractivity contribution in [2.45, 2.75) is 53.2 Å². The Bertz CT molecular complexity index is 572. The molecule has 1 heterocycles. The van der Waals surface area contributed by atoms with E-state index in [1.54, 1.807) is 23.3 Å².